The highest BCUT2D eigenvalue weighted by Crippen LogP contribution is 2.31. The van der Waals surface area contributed by atoms with Gasteiger partial charge in [-0.15, -0.1) is 0 Å². The SMILES string of the molecule is Cc1onc(-c2ccccc2Cl)c1C(=O)NCC1CCN(C(=O)/C=C/c2ccco2)CC1. The Bertz CT molecular complexity index is 1110. The number of aromatic nitrogens is 1. The Morgan fingerprint density at radius 2 is 2.00 bits per heavy atom. The number of benzene rings is 1. The number of furan rings is 1. The van der Waals surface area contributed by atoms with E-state index in [4.69, 9.17) is 20.5 Å². The number of nitrogens with one attached hydrogen (secondary N) is 1. The molecule has 32 heavy (non-hydrogen) atoms. The molecule has 3 aromatic rings. The monoisotopic (exact) mass is 453 g/mol. The van der Waals surface area contributed by atoms with Gasteiger partial charge in [-0.05, 0) is 50.0 Å². The average Bonchev–Trinajstić information content (AvgIpc) is 3.46. The lowest BCUT2D eigenvalue weighted by Gasteiger charge is -2.31. The van der Waals surface area contributed by atoms with Gasteiger partial charge in [0.1, 0.15) is 22.8 Å². The first-order valence-corrected chi connectivity index (χ1v) is 10.9. The maximum atomic E-state index is 12.9. The molecular weight excluding hydrogens is 430 g/mol. The Balaban J connectivity index is 1.31. The quantitative estimate of drug-likeness (QED) is 0.552. The van der Waals surface area contributed by atoms with Crippen molar-refractivity contribution >= 4 is 29.5 Å². The van der Waals surface area contributed by atoms with Crippen LogP contribution in [0.3, 0.4) is 0 Å². The number of halogens is 1. The van der Waals surface area contributed by atoms with E-state index in [1.807, 2.05) is 23.1 Å². The van der Waals surface area contributed by atoms with E-state index in [0.717, 1.165) is 12.8 Å². The van der Waals surface area contributed by atoms with Gasteiger partial charge < -0.3 is 19.2 Å². The molecule has 0 radical (unpaired) electrons. The molecule has 1 N–H and O–H groups in total. The summed E-state index contributed by atoms with van der Waals surface area (Å²) in [5.74, 6) is 1.12. The first kappa shape index (κ1) is 21.9. The smallest absolute Gasteiger partial charge is 0.257 e. The van der Waals surface area contributed by atoms with E-state index in [0.29, 0.717) is 58.9 Å². The number of hydrogen-bond acceptors (Lipinski definition) is 5. The van der Waals surface area contributed by atoms with Crippen LogP contribution in [-0.2, 0) is 4.79 Å². The van der Waals surface area contributed by atoms with E-state index in [1.54, 1.807) is 37.5 Å². The lowest BCUT2D eigenvalue weighted by atomic mass is 9.96. The third-order valence-corrected chi connectivity index (χ3v) is 5.96. The topological polar surface area (TPSA) is 88.6 Å². The number of likely N-dealkylation sites (tertiary alicyclic amines) is 1. The third-order valence-electron chi connectivity index (χ3n) is 5.63. The first-order chi connectivity index (χ1) is 15.5. The molecule has 0 spiro atoms. The van der Waals surface area contributed by atoms with Crippen LogP contribution in [0.2, 0.25) is 5.02 Å². The van der Waals surface area contributed by atoms with Crippen molar-refractivity contribution in [2.45, 2.75) is 19.8 Å². The van der Waals surface area contributed by atoms with Crippen LogP contribution in [0.1, 0.15) is 34.7 Å². The fourth-order valence-electron chi connectivity index (χ4n) is 3.80. The highest BCUT2D eigenvalue weighted by molar-refractivity contribution is 6.33. The summed E-state index contributed by atoms with van der Waals surface area (Å²) in [5.41, 5.74) is 1.49. The summed E-state index contributed by atoms with van der Waals surface area (Å²) in [6.45, 7) is 3.54. The van der Waals surface area contributed by atoms with Crippen molar-refractivity contribution in [1.29, 1.82) is 0 Å². The standard InChI is InChI=1S/C24H24ClN3O4/c1-16-22(23(27-32-16)19-6-2-3-7-20(19)25)24(30)26-15-17-10-12-28(13-11-17)21(29)9-8-18-5-4-14-31-18/h2-9,14,17H,10-13,15H2,1H3,(H,26,30)/b9-8+. The van der Waals surface area contributed by atoms with E-state index in [1.165, 1.54) is 6.08 Å². The van der Waals surface area contributed by atoms with Crippen LogP contribution < -0.4 is 5.32 Å². The van der Waals surface area contributed by atoms with E-state index in [2.05, 4.69) is 10.5 Å². The molecule has 3 heterocycles. The lowest BCUT2D eigenvalue weighted by molar-refractivity contribution is -0.127. The van der Waals surface area contributed by atoms with Crippen LogP contribution in [0.15, 0.2) is 57.7 Å². The van der Waals surface area contributed by atoms with Crippen molar-refractivity contribution < 1.29 is 18.5 Å². The highest BCUT2D eigenvalue weighted by atomic mass is 35.5. The van der Waals surface area contributed by atoms with E-state index < -0.39 is 0 Å². The summed E-state index contributed by atoms with van der Waals surface area (Å²) in [5, 5.41) is 7.56. The number of carbonyl (C=O) groups excluding carboxylic acids is 2. The maximum absolute atomic E-state index is 12.9. The second-order valence-electron chi connectivity index (χ2n) is 7.77. The van der Waals surface area contributed by atoms with Crippen molar-refractivity contribution in [1.82, 2.24) is 15.4 Å². The second-order valence-corrected chi connectivity index (χ2v) is 8.18. The molecule has 8 heteroatoms. The van der Waals surface area contributed by atoms with E-state index >= 15 is 0 Å². The van der Waals surface area contributed by atoms with Gasteiger partial charge in [-0.2, -0.15) is 0 Å². The van der Waals surface area contributed by atoms with Gasteiger partial charge in [0.15, 0.2) is 0 Å². The van der Waals surface area contributed by atoms with Gasteiger partial charge in [-0.25, -0.2) is 0 Å². The fourth-order valence-corrected chi connectivity index (χ4v) is 4.03. The third kappa shape index (κ3) is 4.94. The molecule has 0 saturated carbocycles. The maximum Gasteiger partial charge on any atom is 0.257 e. The van der Waals surface area contributed by atoms with Crippen LogP contribution in [0.4, 0.5) is 0 Å². The lowest BCUT2D eigenvalue weighted by Crippen LogP contribution is -2.41. The van der Waals surface area contributed by atoms with Crippen molar-refractivity contribution in [3.8, 4) is 11.3 Å². The van der Waals surface area contributed by atoms with Gasteiger partial charge in [0.05, 0.1) is 11.3 Å². The van der Waals surface area contributed by atoms with Gasteiger partial charge in [0, 0.05) is 31.3 Å². The molecule has 0 unspecified atom stereocenters. The highest BCUT2D eigenvalue weighted by Gasteiger charge is 2.25. The Labute approximate surface area is 191 Å². The Kier molecular flexibility index (Phi) is 6.75. The van der Waals surface area contributed by atoms with Crippen molar-refractivity contribution in [3.63, 3.8) is 0 Å². The Morgan fingerprint density at radius 1 is 1.22 bits per heavy atom. The van der Waals surface area contributed by atoms with Gasteiger partial charge in [0.2, 0.25) is 5.91 Å². The predicted molar refractivity (Wildman–Crippen MR) is 121 cm³/mol. The summed E-state index contributed by atoms with van der Waals surface area (Å²) < 4.78 is 10.5. The minimum atomic E-state index is -0.237. The largest absolute Gasteiger partial charge is 0.465 e. The second kappa shape index (κ2) is 9.87. The number of hydrogen-bond donors (Lipinski definition) is 1. The summed E-state index contributed by atoms with van der Waals surface area (Å²) in [6.07, 6.45) is 6.42. The molecule has 2 aromatic heterocycles. The molecule has 1 saturated heterocycles. The number of carbonyl (C=O) groups is 2. The number of nitrogens with zero attached hydrogens (tertiary/aromatic N) is 2. The summed E-state index contributed by atoms with van der Waals surface area (Å²) >= 11 is 6.28. The average molecular weight is 454 g/mol. The zero-order chi connectivity index (χ0) is 22.5. The molecule has 0 bridgehead atoms. The molecule has 1 aliphatic rings. The predicted octanol–water partition coefficient (Wildman–Crippen LogP) is 4.58. The minimum absolute atomic E-state index is 0.0339. The van der Waals surface area contributed by atoms with Crippen LogP contribution >= 0.6 is 11.6 Å². The summed E-state index contributed by atoms with van der Waals surface area (Å²) in [7, 11) is 0. The van der Waals surface area contributed by atoms with Crippen LogP contribution in [0, 0.1) is 12.8 Å². The van der Waals surface area contributed by atoms with Crippen LogP contribution in [0.5, 0.6) is 0 Å². The van der Waals surface area contributed by atoms with Gasteiger partial charge in [0.25, 0.3) is 5.91 Å². The molecular formula is C24H24ClN3O4. The van der Waals surface area contributed by atoms with Crippen molar-refractivity contribution in [3.05, 3.63) is 70.8 Å². The fraction of sp³-hybridized carbons (Fsp3) is 0.292. The molecule has 0 atom stereocenters. The van der Waals surface area contributed by atoms with E-state index in [-0.39, 0.29) is 11.8 Å². The Hall–Kier alpha value is -3.32. The zero-order valence-electron chi connectivity index (χ0n) is 17.7. The van der Waals surface area contributed by atoms with Crippen LogP contribution in [0.25, 0.3) is 17.3 Å². The zero-order valence-corrected chi connectivity index (χ0v) is 18.5. The molecule has 7 nitrogen and oxygen atoms in total. The molecule has 166 valence electrons. The number of amides is 2. The van der Waals surface area contributed by atoms with Gasteiger partial charge >= 0.3 is 0 Å². The number of piperidine rings is 1. The molecule has 1 aliphatic heterocycles. The molecule has 0 aliphatic carbocycles. The van der Waals surface area contributed by atoms with Gasteiger partial charge in [-0.3, -0.25) is 9.59 Å². The molecule has 2 amide bonds. The van der Waals surface area contributed by atoms with Gasteiger partial charge in [-0.1, -0.05) is 35.0 Å². The summed E-state index contributed by atoms with van der Waals surface area (Å²) in [6, 6.07) is 10.8. The first-order valence-electron chi connectivity index (χ1n) is 10.5. The van der Waals surface area contributed by atoms with Crippen molar-refractivity contribution in [2.75, 3.05) is 19.6 Å². The van der Waals surface area contributed by atoms with E-state index in [9.17, 15) is 9.59 Å². The molecule has 4 rings (SSSR count). The molecule has 1 fully saturated rings. The number of rotatable bonds is 6. The molecule has 1 aromatic carbocycles. The van der Waals surface area contributed by atoms with Crippen molar-refractivity contribution in [2.24, 2.45) is 5.92 Å². The minimum Gasteiger partial charge on any atom is -0.465 e. The Morgan fingerprint density at radius 3 is 2.72 bits per heavy atom. The van der Waals surface area contributed by atoms with Crippen LogP contribution in [-0.4, -0.2) is 41.5 Å². The summed E-state index contributed by atoms with van der Waals surface area (Å²) in [4.78, 5) is 27.1. The number of aryl methyl sites for hydroxylation is 1. The normalized spacial score (nSPS) is 14.8.